The van der Waals surface area contributed by atoms with Gasteiger partial charge < -0.3 is 10.2 Å². The minimum atomic E-state index is -0.461. The number of aromatic nitrogens is 2. The van der Waals surface area contributed by atoms with Crippen LogP contribution < -0.4 is 10.2 Å². The van der Waals surface area contributed by atoms with Crippen molar-refractivity contribution in [2.75, 3.05) is 16.8 Å². The van der Waals surface area contributed by atoms with Crippen molar-refractivity contribution >= 4 is 34.8 Å². The van der Waals surface area contributed by atoms with Crippen LogP contribution in [0.3, 0.4) is 0 Å². The predicted octanol–water partition coefficient (Wildman–Crippen LogP) is 3.79. The lowest BCUT2D eigenvalue weighted by molar-refractivity contribution is -0.122. The van der Waals surface area contributed by atoms with Crippen LogP contribution in [0.25, 0.3) is 11.4 Å². The molecule has 1 atom stereocenters. The summed E-state index contributed by atoms with van der Waals surface area (Å²) in [7, 11) is 0. The molecule has 1 fully saturated rings. The van der Waals surface area contributed by atoms with Gasteiger partial charge in [0.15, 0.2) is 5.82 Å². The van der Waals surface area contributed by atoms with Gasteiger partial charge in [-0.15, -0.1) is 0 Å². The van der Waals surface area contributed by atoms with Crippen LogP contribution in [0.2, 0.25) is 5.02 Å². The maximum absolute atomic E-state index is 12.6. The third-order valence-electron chi connectivity index (χ3n) is 4.59. The molecule has 2 amide bonds. The summed E-state index contributed by atoms with van der Waals surface area (Å²) in [6.07, 6.45) is 3.27. The highest BCUT2D eigenvalue weighted by Gasteiger charge is 2.35. The average molecular weight is 393 g/mol. The van der Waals surface area contributed by atoms with Gasteiger partial charge in [0, 0.05) is 18.5 Å². The molecule has 0 bridgehead atoms. The van der Waals surface area contributed by atoms with Crippen LogP contribution in [0.1, 0.15) is 6.42 Å². The largest absolute Gasteiger partial charge is 0.323 e. The summed E-state index contributed by atoms with van der Waals surface area (Å²) < 4.78 is 0. The first-order chi connectivity index (χ1) is 13.6. The highest BCUT2D eigenvalue weighted by Crippen LogP contribution is 2.31. The van der Waals surface area contributed by atoms with E-state index in [-0.39, 0.29) is 24.8 Å². The van der Waals surface area contributed by atoms with E-state index < -0.39 is 5.92 Å². The fraction of sp³-hybridized carbons (Fsp3) is 0.143. The summed E-state index contributed by atoms with van der Waals surface area (Å²) >= 11 is 6.18. The minimum Gasteiger partial charge on any atom is -0.323 e. The number of anilines is 2. The molecule has 0 radical (unpaired) electrons. The van der Waals surface area contributed by atoms with Gasteiger partial charge in [0.2, 0.25) is 11.8 Å². The van der Waals surface area contributed by atoms with E-state index in [1.165, 1.54) is 0 Å². The Hall–Kier alpha value is -3.25. The number of halogens is 1. The van der Waals surface area contributed by atoms with Crippen LogP contribution in [0.5, 0.6) is 0 Å². The Labute approximate surface area is 167 Å². The Morgan fingerprint density at radius 1 is 1.04 bits per heavy atom. The number of amides is 2. The number of hydrogen-bond donors (Lipinski definition) is 1. The Balaban J connectivity index is 1.43. The number of rotatable bonds is 4. The molecular weight excluding hydrogens is 376 g/mol. The molecule has 2 aromatic carbocycles. The molecule has 0 saturated carbocycles. The molecule has 0 aliphatic carbocycles. The van der Waals surface area contributed by atoms with Gasteiger partial charge in [-0.25, -0.2) is 9.97 Å². The third kappa shape index (κ3) is 3.73. The Bertz CT molecular complexity index is 1010. The molecule has 1 N–H and O–H groups in total. The van der Waals surface area contributed by atoms with E-state index in [4.69, 9.17) is 11.6 Å². The standard InChI is InChI=1S/C21H17ClN4O2/c22-17-8-4-5-9-18(17)26-13-15(10-19(26)27)21(28)25-16-11-23-20(24-12-16)14-6-2-1-3-7-14/h1-9,11-12,15H,10,13H2,(H,25,28). The van der Waals surface area contributed by atoms with Gasteiger partial charge in [0.05, 0.1) is 34.7 Å². The first kappa shape index (κ1) is 18.1. The zero-order valence-electron chi connectivity index (χ0n) is 14.9. The fourth-order valence-electron chi connectivity index (χ4n) is 3.16. The zero-order chi connectivity index (χ0) is 19.5. The number of nitrogens with one attached hydrogen (secondary N) is 1. The van der Waals surface area contributed by atoms with Crippen LogP contribution in [-0.4, -0.2) is 28.3 Å². The van der Waals surface area contributed by atoms with Gasteiger partial charge in [-0.05, 0) is 12.1 Å². The van der Waals surface area contributed by atoms with Crippen molar-refractivity contribution in [1.82, 2.24) is 9.97 Å². The molecule has 1 aromatic heterocycles. The Morgan fingerprint density at radius 3 is 2.43 bits per heavy atom. The number of carbonyl (C=O) groups is 2. The molecule has 6 nitrogen and oxygen atoms in total. The van der Waals surface area contributed by atoms with Crippen molar-refractivity contribution in [1.29, 1.82) is 0 Å². The summed E-state index contributed by atoms with van der Waals surface area (Å²) in [6, 6.07) is 16.7. The fourth-order valence-corrected chi connectivity index (χ4v) is 3.40. The first-order valence-electron chi connectivity index (χ1n) is 8.85. The molecule has 1 unspecified atom stereocenters. The minimum absolute atomic E-state index is 0.121. The molecule has 2 heterocycles. The smallest absolute Gasteiger partial charge is 0.229 e. The lowest BCUT2D eigenvalue weighted by Gasteiger charge is -2.18. The quantitative estimate of drug-likeness (QED) is 0.733. The molecule has 1 saturated heterocycles. The normalized spacial score (nSPS) is 16.2. The van der Waals surface area contributed by atoms with Crippen molar-refractivity contribution in [2.24, 2.45) is 5.92 Å². The first-order valence-corrected chi connectivity index (χ1v) is 9.23. The van der Waals surface area contributed by atoms with Crippen LogP contribution in [0.15, 0.2) is 67.0 Å². The van der Waals surface area contributed by atoms with E-state index in [2.05, 4.69) is 15.3 Å². The lowest BCUT2D eigenvalue weighted by atomic mass is 10.1. The third-order valence-corrected chi connectivity index (χ3v) is 4.91. The molecule has 3 aromatic rings. The summed E-state index contributed by atoms with van der Waals surface area (Å²) in [4.78, 5) is 35.1. The van der Waals surface area contributed by atoms with E-state index in [9.17, 15) is 9.59 Å². The summed E-state index contributed by atoms with van der Waals surface area (Å²) in [5.41, 5.74) is 2.02. The van der Waals surface area contributed by atoms with Gasteiger partial charge in [-0.3, -0.25) is 9.59 Å². The van der Waals surface area contributed by atoms with Crippen molar-refractivity contribution < 1.29 is 9.59 Å². The molecule has 140 valence electrons. The highest BCUT2D eigenvalue weighted by molar-refractivity contribution is 6.33. The second-order valence-corrected chi connectivity index (χ2v) is 6.91. The van der Waals surface area contributed by atoms with E-state index in [0.717, 1.165) is 5.56 Å². The monoisotopic (exact) mass is 392 g/mol. The SMILES string of the molecule is O=C(Nc1cnc(-c2ccccc2)nc1)C1CC(=O)N(c2ccccc2Cl)C1. The van der Waals surface area contributed by atoms with Crippen molar-refractivity contribution in [2.45, 2.75) is 6.42 Å². The van der Waals surface area contributed by atoms with Gasteiger partial charge in [-0.2, -0.15) is 0 Å². The molecule has 1 aliphatic heterocycles. The molecule has 28 heavy (non-hydrogen) atoms. The maximum atomic E-state index is 12.6. The van der Waals surface area contributed by atoms with Gasteiger partial charge in [0.25, 0.3) is 0 Å². The molecular formula is C21H17ClN4O2. The van der Waals surface area contributed by atoms with Gasteiger partial charge in [0.1, 0.15) is 0 Å². The predicted molar refractivity (Wildman–Crippen MR) is 108 cm³/mol. The number of benzene rings is 2. The Morgan fingerprint density at radius 2 is 1.71 bits per heavy atom. The zero-order valence-corrected chi connectivity index (χ0v) is 15.6. The molecule has 1 aliphatic rings. The maximum Gasteiger partial charge on any atom is 0.229 e. The van der Waals surface area contributed by atoms with E-state index in [0.29, 0.717) is 22.2 Å². The van der Waals surface area contributed by atoms with Crippen molar-refractivity contribution in [3.63, 3.8) is 0 Å². The number of hydrogen-bond acceptors (Lipinski definition) is 4. The molecule has 0 spiro atoms. The lowest BCUT2D eigenvalue weighted by Crippen LogP contribution is -2.28. The van der Waals surface area contributed by atoms with Crippen LogP contribution >= 0.6 is 11.6 Å². The van der Waals surface area contributed by atoms with E-state index in [1.807, 2.05) is 36.4 Å². The van der Waals surface area contributed by atoms with E-state index >= 15 is 0 Å². The number of nitrogens with zero attached hydrogens (tertiary/aromatic N) is 3. The Kier molecular flexibility index (Phi) is 5.04. The summed E-state index contributed by atoms with van der Waals surface area (Å²) in [5, 5.41) is 3.28. The van der Waals surface area contributed by atoms with Gasteiger partial charge in [-0.1, -0.05) is 54.1 Å². The van der Waals surface area contributed by atoms with Crippen LogP contribution in [0.4, 0.5) is 11.4 Å². The number of carbonyl (C=O) groups excluding carboxylic acids is 2. The summed E-state index contributed by atoms with van der Waals surface area (Å²) in [5.74, 6) is -0.236. The number of para-hydroxylation sites is 1. The van der Waals surface area contributed by atoms with Crippen LogP contribution in [0, 0.1) is 5.92 Å². The average Bonchev–Trinajstić information content (AvgIpc) is 3.11. The van der Waals surface area contributed by atoms with Crippen molar-refractivity contribution in [3.8, 4) is 11.4 Å². The highest BCUT2D eigenvalue weighted by atomic mass is 35.5. The summed E-state index contributed by atoms with van der Waals surface area (Å²) in [6.45, 7) is 0.289. The van der Waals surface area contributed by atoms with Gasteiger partial charge >= 0.3 is 0 Å². The van der Waals surface area contributed by atoms with Crippen molar-refractivity contribution in [3.05, 3.63) is 72.0 Å². The molecule has 7 heteroatoms. The molecule has 4 rings (SSSR count). The topological polar surface area (TPSA) is 75.2 Å². The van der Waals surface area contributed by atoms with Crippen LogP contribution in [-0.2, 0) is 9.59 Å². The second-order valence-electron chi connectivity index (χ2n) is 6.51. The van der Waals surface area contributed by atoms with E-state index in [1.54, 1.807) is 35.5 Å². The second kappa shape index (κ2) is 7.78.